The van der Waals surface area contributed by atoms with Crippen molar-refractivity contribution in [2.45, 2.75) is 18.9 Å². The molecule has 3 aromatic rings. The zero-order valence-electron chi connectivity index (χ0n) is 15.0. The van der Waals surface area contributed by atoms with Gasteiger partial charge in [0.05, 0.1) is 18.0 Å². The molecule has 2 atom stereocenters. The van der Waals surface area contributed by atoms with Crippen molar-refractivity contribution < 1.29 is 15.0 Å². The van der Waals surface area contributed by atoms with Crippen LogP contribution in [0.1, 0.15) is 11.3 Å². The maximum atomic E-state index is 12.6. The molecular weight excluding hydrogens is 340 g/mol. The SMILES string of the molecule is O=C(Cc1ccccc1O)N1C[C@@H](Cc2ccc3ccccc3n2)[C@H](O)C1. The van der Waals surface area contributed by atoms with Gasteiger partial charge in [-0.05, 0) is 24.6 Å². The molecule has 2 N–H and O–H groups in total. The number of carbonyl (C=O) groups is 1. The van der Waals surface area contributed by atoms with Gasteiger partial charge in [0.2, 0.25) is 5.91 Å². The van der Waals surface area contributed by atoms with Crippen LogP contribution in [0.15, 0.2) is 60.7 Å². The number of fused-ring (bicyclic) bond motifs is 1. The Morgan fingerprint density at radius 3 is 2.67 bits per heavy atom. The summed E-state index contributed by atoms with van der Waals surface area (Å²) in [6.07, 6.45) is 0.207. The molecule has 138 valence electrons. The van der Waals surface area contributed by atoms with Crippen molar-refractivity contribution in [3.8, 4) is 5.75 Å². The molecule has 2 heterocycles. The number of nitrogens with zero attached hydrogens (tertiary/aromatic N) is 2. The maximum absolute atomic E-state index is 12.6. The molecule has 0 radical (unpaired) electrons. The number of hydrogen-bond donors (Lipinski definition) is 2. The first-order valence-electron chi connectivity index (χ1n) is 9.17. The molecule has 1 aliphatic heterocycles. The quantitative estimate of drug-likeness (QED) is 0.748. The van der Waals surface area contributed by atoms with Crippen LogP contribution in [-0.4, -0.2) is 45.2 Å². The van der Waals surface area contributed by atoms with E-state index in [4.69, 9.17) is 0 Å². The van der Waals surface area contributed by atoms with Crippen molar-refractivity contribution in [1.29, 1.82) is 0 Å². The fourth-order valence-electron chi connectivity index (χ4n) is 3.68. The lowest BCUT2D eigenvalue weighted by atomic mass is 9.99. The number of hydrogen-bond acceptors (Lipinski definition) is 4. The van der Waals surface area contributed by atoms with Crippen LogP contribution in [0.2, 0.25) is 0 Å². The first kappa shape index (κ1) is 17.5. The highest BCUT2D eigenvalue weighted by Crippen LogP contribution is 2.24. The van der Waals surface area contributed by atoms with Crippen LogP contribution in [0.3, 0.4) is 0 Å². The Labute approximate surface area is 157 Å². The third kappa shape index (κ3) is 3.78. The molecule has 27 heavy (non-hydrogen) atoms. The van der Waals surface area contributed by atoms with E-state index >= 15 is 0 Å². The van der Waals surface area contributed by atoms with Crippen molar-refractivity contribution in [3.05, 3.63) is 71.9 Å². The molecule has 1 aliphatic rings. The minimum atomic E-state index is -0.563. The first-order valence-corrected chi connectivity index (χ1v) is 9.17. The standard InChI is InChI=1S/C22H22N2O3/c25-20-8-4-2-6-16(20)12-22(27)24-13-17(21(26)14-24)11-18-10-9-15-5-1-3-7-19(15)23-18/h1-10,17,21,25-26H,11-14H2/t17-,21-/m1/s1. The molecule has 4 rings (SSSR count). The number of aromatic hydroxyl groups is 1. The summed E-state index contributed by atoms with van der Waals surface area (Å²) < 4.78 is 0. The number of phenolic OH excluding ortho intramolecular Hbond substituents is 1. The molecule has 1 amide bonds. The third-order valence-corrected chi connectivity index (χ3v) is 5.22. The lowest BCUT2D eigenvalue weighted by Gasteiger charge is -2.16. The molecule has 1 saturated heterocycles. The highest BCUT2D eigenvalue weighted by atomic mass is 16.3. The zero-order chi connectivity index (χ0) is 18.8. The lowest BCUT2D eigenvalue weighted by molar-refractivity contribution is -0.129. The molecule has 1 fully saturated rings. The summed E-state index contributed by atoms with van der Waals surface area (Å²) in [6, 6.07) is 18.8. The van der Waals surface area contributed by atoms with Gasteiger partial charge >= 0.3 is 0 Å². The summed E-state index contributed by atoms with van der Waals surface area (Å²) in [4.78, 5) is 18.9. The van der Waals surface area contributed by atoms with Crippen molar-refractivity contribution in [2.75, 3.05) is 13.1 Å². The number of para-hydroxylation sites is 2. The van der Waals surface area contributed by atoms with E-state index in [-0.39, 0.29) is 24.0 Å². The van der Waals surface area contributed by atoms with Crippen molar-refractivity contribution >= 4 is 16.8 Å². The highest BCUT2D eigenvalue weighted by molar-refractivity contribution is 5.80. The molecule has 0 bridgehead atoms. The molecular formula is C22H22N2O3. The molecule has 1 aromatic heterocycles. The molecule has 0 spiro atoms. The van der Waals surface area contributed by atoms with Gasteiger partial charge in [-0.25, -0.2) is 0 Å². The van der Waals surface area contributed by atoms with Crippen LogP contribution >= 0.6 is 0 Å². The second kappa shape index (κ2) is 7.37. The van der Waals surface area contributed by atoms with E-state index < -0.39 is 6.10 Å². The van der Waals surface area contributed by atoms with Crippen molar-refractivity contribution in [1.82, 2.24) is 9.88 Å². The average Bonchev–Trinajstić information content (AvgIpc) is 3.04. The van der Waals surface area contributed by atoms with Crippen LogP contribution < -0.4 is 0 Å². The number of aliphatic hydroxyl groups is 1. The van der Waals surface area contributed by atoms with Gasteiger partial charge in [-0.15, -0.1) is 0 Å². The Hall–Kier alpha value is -2.92. The Kier molecular flexibility index (Phi) is 4.77. The number of likely N-dealkylation sites (tertiary alicyclic amines) is 1. The van der Waals surface area contributed by atoms with E-state index in [0.29, 0.717) is 25.1 Å². The summed E-state index contributed by atoms with van der Waals surface area (Å²) >= 11 is 0. The predicted molar refractivity (Wildman–Crippen MR) is 103 cm³/mol. The van der Waals surface area contributed by atoms with E-state index in [1.807, 2.05) is 36.4 Å². The summed E-state index contributed by atoms with van der Waals surface area (Å²) in [5.41, 5.74) is 2.47. The second-order valence-corrected chi connectivity index (χ2v) is 7.13. The number of benzene rings is 2. The number of pyridine rings is 1. The molecule has 5 heteroatoms. The molecule has 5 nitrogen and oxygen atoms in total. The molecule has 0 unspecified atom stereocenters. The van der Waals surface area contributed by atoms with Gasteiger partial charge in [0.25, 0.3) is 0 Å². The number of phenols is 1. The van der Waals surface area contributed by atoms with Gasteiger partial charge < -0.3 is 15.1 Å². The number of β-amino-alcohol motifs (C(OH)–C–C–N with tert-alkyl or cyclic N) is 1. The monoisotopic (exact) mass is 362 g/mol. The van der Waals surface area contributed by atoms with Gasteiger partial charge in [0, 0.05) is 35.7 Å². The number of amides is 1. The van der Waals surface area contributed by atoms with Gasteiger partial charge in [-0.2, -0.15) is 0 Å². The van der Waals surface area contributed by atoms with E-state index in [0.717, 1.165) is 16.6 Å². The van der Waals surface area contributed by atoms with Crippen LogP contribution in [0, 0.1) is 5.92 Å². The van der Waals surface area contributed by atoms with Gasteiger partial charge in [-0.1, -0.05) is 42.5 Å². The van der Waals surface area contributed by atoms with Crippen LogP contribution in [0.25, 0.3) is 10.9 Å². The van der Waals surface area contributed by atoms with Crippen LogP contribution in [0.4, 0.5) is 0 Å². The largest absolute Gasteiger partial charge is 0.508 e. The van der Waals surface area contributed by atoms with E-state index in [1.165, 1.54) is 0 Å². The molecule has 0 aliphatic carbocycles. The first-order chi connectivity index (χ1) is 13.1. The minimum absolute atomic E-state index is 0.0352. The zero-order valence-corrected chi connectivity index (χ0v) is 15.0. The van der Waals surface area contributed by atoms with Crippen molar-refractivity contribution in [2.24, 2.45) is 5.92 Å². The minimum Gasteiger partial charge on any atom is -0.508 e. The maximum Gasteiger partial charge on any atom is 0.227 e. The Morgan fingerprint density at radius 2 is 1.81 bits per heavy atom. The lowest BCUT2D eigenvalue weighted by Crippen LogP contribution is -2.31. The molecule has 0 saturated carbocycles. The number of carbonyl (C=O) groups excluding carboxylic acids is 1. The predicted octanol–water partition coefficient (Wildman–Crippen LogP) is 2.54. The van der Waals surface area contributed by atoms with E-state index in [2.05, 4.69) is 4.98 Å². The van der Waals surface area contributed by atoms with E-state index in [9.17, 15) is 15.0 Å². The van der Waals surface area contributed by atoms with Gasteiger partial charge in [-0.3, -0.25) is 9.78 Å². The number of rotatable bonds is 4. The Bertz CT molecular complexity index is 972. The fraction of sp³-hybridized carbons (Fsp3) is 0.273. The summed E-state index contributed by atoms with van der Waals surface area (Å²) in [6.45, 7) is 0.826. The number of aliphatic hydroxyl groups excluding tert-OH is 1. The van der Waals surface area contributed by atoms with Crippen LogP contribution in [-0.2, 0) is 17.6 Å². The van der Waals surface area contributed by atoms with Gasteiger partial charge in [0.1, 0.15) is 5.75 Å². The highest BCUT2D eigenvalue weighted by Gasteiger charge is 2.34. The average molecular weight is 362 g/mol. The third-order valence-electron chi connectivity index (χ3n) is 5.22. The Balaban J connectivity index is 1.43. The second-order valence-electron chi connectivity index (χ2n) is 7.13. The van der Waals surface area contributed by atoms with Crippen LogP contribution in [0.5, 0.6) is 5.75 Å². The number of aromatic nitrogens is 1. The van der Waals surface area contributed by atoms with Gasteiger partial charge in [0.15, 0.2) is 0 Å². The summed E-state index contributed by atoms with van der Waals surface area (Å²) in [5.74, 6) is 0.0130. The van der Waals surface area contributed by atoms with E-state index in [1.54, 1.807) is 29.2 Å². The topological polar surface area (TPSA) is 73.7 Å². The van der Waals surface area contributed by atoms with Crippen molar-refractivity contribution in [3.63, 3.8) is 0 Å². The summed E-state index contributed by atoms with van der Waals surface area (Å²) in [5, 5.41) is 21.4. The fourth-order valence-corrected chi connectivity index (χ4v) is 3.68. The summed E-state index contributed by atoms with van der Waals surface area (Å²) in [7, 11) is 0. The molecule has 2 aromatic carbocycles. The normalized spacial score (nSPS) is 19.5. The Morgan fingerprint density at radius 1 is 1.04 bits per heavy atom. The smallest absolute Gasteiger partial charge is 0.227 e.